The Morgan fingerprint density at radius 2 is 1.93 bits per heavy atom. The van der Waals surface area contributed by atoms with E-state index >= 15 is 0 Å². The van der Waals surface area contributed by atoms with Crippen LogP contribution in [0.15, 0.2) is 12.7 Å². The van der Waals surface area contributed by atoms with Crippen LogP contribution in [0.1, 0.15) is 40.0 Å². The average molecular weight is 193 g/mol. The van der Waals surface area contributed by atoms with Gasteiger partial charge in [-0.2, -0.15) is 0 Å². The van der Waals surface area contributed by atoms with E-state index < -0.39 is 0 Å². The monoisotopic (exact) mass is 193 g/mol. The summed E-state index contributed by atoms with van der Waals surface area (Å²) in [5.74, 6) is 1.83. The molecule has 2 aliphatic carbocycles. The molecule has 1 heteroatoms. The minimum Gasteiger partial charge on any atom is -0.307 e. The summed E-state index contributed by atoms with van der Waals surface area (Å²) in [6, 6.07) is 0. The van der Waals surface area contributed by atoms with Crippen molar-refractivity contribution in [3.63, 3.8) is 0 Å². The van der Waals surface area contributed by atoms with Crippen molar-refractivity contribution in [2.75, 3.05) is 6.54 Å². The van der Waals surface area contributed by atoms with Crippen molar-refractivity contribution in [3.8, 4) is 0 Å². The third kappa shape index (κ3) is 1.11. The van der Waals surface area contributed by atoms with Crippen LogP contribution in [-0.2, 0) is 0 Å². The van der Waals surface area contributed by atoms with Crippen molar-refractivity contribution in [3.05, 3.63) is 12.7 Å². The molecule has 2 fully saturated rings. The molecular weight excluding hydrogens is 170 g/mol. The van der Waals surface area contributed by atoms with Gasteiger partial charge in [-0.25, -0.2) is 0 Å². The van der Waals surface area contributed by atoms with Gasteiger partial charge in [0.1, 0.15) is 0 Å². The lowest BCUT2D eigenvalue weighted by atomic mass is 9.64. The molecular formula is C13H23N. The first-order chi connectivity index (χ1) is 6.52. The van der Waals surface area contributed by atoms with E-state index in [9.17, 15) is 0 Å². The zero-order valence-electron chi connectivity index (χ0n) is 9.77. The maximum atomic E-state index is 3.80. The number of rotatable bonds is 3. The molecule has 0 aromatic carbocycles. The predicted molar refractivity (Wildman–Crippen MR) is 61.2 cm³/mol. The molecule has 0 radical (unpaired) electrons. The van der Waals surface area contributed by atoms with E-state index in [1.54, 1.807) is 0 Å². The summed E-state index contributed by atoms with van der Waals surface area (Å²) in [5.41, 5.74) is 0.795. The summed E-state index contributed by atoms with van der Waals surface area (Å²) in [6.07, 6.45) is 6.29. The highest BCUT2D eigenvalue weighted by atomic mass is 15.0. The Bertz CT molecular complexity index is 244. The Hall–Kier alpha value is -0.300. The molecule has 1 N–H and O–H groups in total. The fourth-order valence-electron chi connectivity index (χ4n) is 3.77. The number of fused-ring (bicyclic) bond motifs is 2. The van der Waals surface area contributed by atoms with E-state index in [-0.39, 0.29) is 0 Å². The Labute approximate surface area is 88.0 Å². The zero-order valence-corrected chi connectivity index (χ0v) is 9.77. The van der Waals surface area contributed by atoms with Crippen molar-refractivity contribution in [1.29, 1.82) is 0 Å². The standard InChI is InChI=1S/C13H23N/c1-5-8-14-13(4)11-7-6-10(9-11)12(13,2)3/h5,10-11,14H,1,6-9H2,2-4H3. The van der Waals surface area contributed by atoms with Gasteiger partial charge in [-0.15, -0.1) is 6.58 Å². The third-order valence-corrected chi connectivity index (χ3v) is 5.22. The largest absolute Gasteiger partial charge is 0.307 e. The van der Waals surface area contributed by atoms with Crippen LogP contribution in [0.5, 0.6) is 0 Å². The molecule has 2 aliphatic rings. The van der Waals surface area contributed by atoms with Crippen LogP contribution < -0.4 is 5.32 Å². The fourth-order valence-corrected chi connectivity index (χ4v) is 3.77. The number of nitrogens with one attached hydrogen (secondary N) is 1. The van der Waals surface area contributed by atoms with Crippen LogP contribution in [0.3, 0.4) is 0 Å². The maximum Gasteiger partial charge on any atom is 0.0238 e. The Morgan fingerprint density at radius 1 is 1.29 bits per heavy atom. The van der Waals surface area contributed by atoms with Gasteiger partial charge in [0.05, 0.1) is 0 Å². The van der Waals surface area contributed by atoms with Crippen molar-refractivity contribution >= 4 is 0 Å². The zero-order chi connectivity index (χ0) is 10.4. The Balaban J connectivity index is 2.20. The lowest BCUT2D eigenvalue weighted by Crippen LogP contribution is -2.57. The second kappa shape index (κ2) is 3.10. The maximum absolute atomic E-state index is 3.80. The van der Waals surface area contributed by atoms with Gasteiger partial charge in [-0.3, -0.25) is 0 Å². The highest BCUT2D eigenvalue weighted by Crippen LogP contribution is 2.61. The molecule has 0 aromatic rings. The minimum absolute atomic E-state index is 0.337. The van der Waals surface area contributed by atoms with Crippen LogP contribution in [0, 0.1) is 17.3 Å². The summed E-state index contributed by atoms with van der Waals surface area (Å²) in [5, 5.41) is 3.71. The van der Waals surface area contributed by atoms with Crippen molar-refractivity contribution in [2.24, 2.45) is 17.3 Å². The quantitative estimate of drug-likeness (QED) is 0.679. The molecule has 2 saturated carbocycles. The van der Waals surface area contributed by atoms with Crippen molar-refractivity contribution in [2.45, 2.75) is 45.6 Å². The van der Waals surface area contributed by atoms with E-state index in [1.807, 2.05) is 6.08 Å². The number of hydrogen-bond donors (Lipinski definition) is 1. The minimum atomic E-state index is 0.337. The molecule has 3 unspecified atom stereocenters. The highest BCUT2D eigenvalue weighted by Gasteiger charge is 2.59. The topological polar surface area (TPSA) is 12.0 Å². The summed E-state index contributed by atoms with van der Waals surface area (Å²) in [7, 11) is 0. The van der Waals surface area contributed by atoms with Gasteiger partial charge in [0.25, 0.3) is 0 Å². The van der Waals surface area contributed by atoms with Gasteiger partial charge in [0.15, 0.2) is 0 Å². The van der Waals surface area contributed by atoms with Crippen molar-refractivity contribution < 1.29 is 0 Å². The van der Waals surface area contributed by atoms with Gasteiger partial charge < -0.3 is 5.32 Å². The summed E-state index contributed by atoms with van der Waals surface area (Å²) in [6.45, 7) is 12.0. The molecule has 3 atom stereocenters. The first-order valence-corrected chi connectivity index (χ1v) is 5.88. The molecule has 0 saturated heterocycles. The predicted octanol–water partition coefficient (Wildman–Crippen LogP) is 2.98. The van der Waals surface area contributed by atoms with Gasteiger partial charge in [-0.1, -0.05) is 19.9 Å². The molecule has 14 heavy (non-hydrogen) atoms. The molecule has 0 amide bonds. The van der Waals surface area contributed by atoms with Crippen molar-refractivity contribution in [1.82, 2.24) is 5.32 Å². The lowest BCUT2D eigenvalue weighted by molar-refractivity contribution is 0.0694. The number of hydrogen-bond acceptors (Lipinski definition) is 1. The second-order valence-electron chi connectivity index (χ2n) is 5.80. The molecule has 0 aliphatic heterocycles. The van der Waals surface area contributed by atoms with Gasteiger partial charge in [-0.05, 0) is 43.4 Å². The first kappa shape index (κ1) is 10.2. The fraction of sp³-hybridized carbons (Fsp3) is 0.846. The molecule has 80 valence electrons. The van der Waals surface area contributed by atoms with Crippen LogP contribution in [0.25, 0.3) is 0 Å². The van der Waals surface area contributed by atoms with Gasteiger partial charge in [0.2, 0.25) is 0 Å². The third-order valence-electron chi connectivity index (χ3n) is 5.22. The van der Waals surface area contributed by atoms with E-state index in [1.165, 1.54) is 19.3 Å². The first-order valence-electron chi connectivity index (χ1n) is 5.88. The van der Waals surface area contributed by atoms with Crippen LogP contribution in [-0.4, -0.2) is 12.1 Å². The average Bonchev–Trinajstić information content (AvgIpc) is 2.67. The van der Waals surface area contributed by atoms with Gasteiger partial charge >= 0.3 is 0 Å². The lowest BCUT2D eigenvalue weighted by Gasteiger charge is -2.48. The molecule has 0 aromatic heterocycles. The smallest absolute Gasteiger partial charge is 0.0238 e. The van der Waals surface area contributed by atoms with E-state index in [0.717, 1.165) is 18.4 Å². The summed E-state index contributed by atoms with van der Waals surface area (Å²) < 4.78 is 0. The van der Waals surface area contributed by atoms with Gasteiger partial charge in [0, 0.05) is 12.1 Å². The van der Waals surface area contributed by atoms with Crippen LogP contribution in [0.2, 0.25) is 0 Å². The van der Waals surface area contributed by atoms with Crippen LogP contribution in [0.4, 0.5) is 0 Å². The highest BCUT2D eigenvalue weighted by molar-refractivity contribution is 5.14. The van der Waals surface area contributed by atoms with Crippen LogP contribution >= 0.6 is 0 Å². The summed E-state index contributed by atoms with van der Waals surface area (Å²) >= 11 is 0. The Morgan fingerprint density at radius 3 is 2.43 bits per heavy atom. The Kier molecular flexibility index (Phi) is 2.26. The SMILES string of the molecule is C=CCNC1(C)C2CCC(C2)C1(C)C. The van der Waals surface area contributed by atoms with E-state index in [0.29, 0.717) is 11.0 Å². The second-order valence-corrected chi connectivity index (χ2v) is 5.80. The normalized spacial score (nSPS) is 44.2. The molecule has 2 bridgehead atoms. The molecule has 0 heterocycles. The molecule has 2 rings (SSSR count). The van der Waals surface area contributed by atoms with E-state index in [4.69, 9.17) is 0 Å². The molecule has 1 nitrogen and oxygen atoms in total. The van der Waals surface area contributed by atoms with E-state index in [2.05, 4.69) is 32.7 Å². The summed E-state index contributed by atoms with van der Waals surface area (Å²) in [4.78, 5) is 0. The molecule has 0 spiro atoms.